The first-order chi connectivity index (χ1) is 16.0. The highest BCUT2D eigenvalue weighted by Crippen LogP contribution is 2.20. The van der Waals surface area contributed by atoms with Crippen molar-refractivity contribution in [2.24, 2.45) is 16.5 Å². The minimum absolute atomic E-state index is 0.241. The minimum Gasteiger partial charge on any atom is -0.396 e. The van der Waals surface area contributed by atoms with Gasteiger partial charge in [0.05, 0.1) is 11.4 Å². The van der Waals surface area contributed by atoms with E-state index in [4.69, 9.17) is 11.5 Å². The van der Waals surface area contributed by atoms with Crippen LogP contribution < -0.4 is 21.9 Å². The highest BCUT2D eigenvalue weighted by Gasteiger charge is 2.24. The number of nitrogens with two attached hydrogens (primary N) is 2. The number of carbonyl (C=O) groups is 1. The van der Waals surface area contributed by atoms with Crippen molar-refractivity contribution in [1.29, 1.82) is 0 Å². The third kappa shape index (κ3) is 5.85. The zero-order valence-corrected chi connectivity index (χ0v) is 20.8. The summed E-state index contributed by atoms with van der Waals surface area (Å²) in [5, 5.41) is 3.86. The average molecular weight is 448 g/mol. The maximum atomic E-state index is 13.0. The van der Waals surface area contributed by atoms with Crippen LogP contribution in [-0.2, 0) is 4.79 Å². The predicted octanol–water partition coefficient (Wildman–Crippen LogP) is 4.93. The fraction of sp³-hybridized carbons (Fsp3) is 0.517. The second-order valence-corrected chi connectivity index (χ2v) is 9.52. The van der Waals surface area contributed by atoms with Gasteiger partial charge in [-0.1, -0.05) is 89.3 Å². The molecule has 1 aliphatic rings. The van der Waals surface area contributed by atoms with Crippen LogP contribution in [0.1, 0.15) is 88.7 Å². The molecule has 0 spiro atoms. The largest absolute Gasteiger partial charge is 0.396 e. The zero-order valence-electron chi connectivity index (χ0n) is 20.8. The highest BCUT2D eigenvalue weighted by molar-refractivity contribution is 6.64. The summed E-state index contributed by atoms with van der Waals surface area (Å²) < 4.78 is 0. The summed E-state index contributed by atoms with van der Waals surface area (Å²) in [6.07, 6.45) is 14.1. The van der Waals surface area contributed by atoms with Gasteiger partial charge in [0.2, 0.25) is 5.78 Å². The van der Waals surface area contributed by atoms with E-state index < -0.39 is 0 Å². The summed E-state index contributed by atoms with van der Waals surface area (Å²) in [5.41, 5.74) is 16.1. The monoisotopic (exact) mass is 447 g/mol. The molecule has 0 aromatic heterocycles. The van der Waals surface area contributed by atoms with E-state index in [1.54, 1.807) is 0 Å². The molecule has 0 saturated heterocycles. The number of nitrogens with zero attached hydrogens (tertiary/aromatic N) is 1. The molecule has 4 heteroatoms. The fourth-order valence-electron chi connectivity index (χ4n) is 5.05. The number of aryl methyl sites for hydroxylation is 2. The maximum absolute atomic E-state index is 13.0. The smallest absolute Gasteiger partial charge is 0.229 e. The molecule has 178 valence electrons. The van der Waals surface area contributed by atoms with Crippen LogP contribution in [0.5, 0.6) is 0 Å². The van der Waals surface area contributed by atoms with Gasteiger partial charge in [0.15, 0.2) is 0 Å². The molecule has 4 nitrogen and oxygen atoms in total. The van der Waals surface area contributed by atoms with Crippen LogP contribution in [0.4, 0.5) is 0 Å². The molecule has 0 atom stereocenters. The Kier molecular flexibility index (Phi) is 9.11. The van der Waals surface area contributed by atoms with E-state index in [2.05, 4.69) is 37.9 Å². The van der Waals surface area contributed by atoms with Crippen molar-refractivity contribution in [2.45, 2.75) is 91.4 Å². The molecule has 4 N–H and O–H groups in total. The van der Waals surface area contributed by atoms with E-state index in [9.17, 15) is 4.79 Å². The Balaban J connectivity index is 1.62. The van der Waals surface area contributed by atoms with Crippen LogP contribution in [0.3, 0.4) is 0 Å². The van der Waals surface area contributed by atoms with Gasteiger partial charge in [-0.15, -0.1) is 0 Å². The fourth-order valence-corrected chi connectivity index (χ4v) is 5.05. The second-order valence-electron chi connectivity index (χ2n) is 9.52. The Bertz CT molecular complexity index is 1140. The summed E-state index contributed by atoms with van der Waals surface area (Å²) in [6.45, 7) is 7.04. The van der Waals surface area contributed by atoms with Crippen LogP contribution in [0.15, 0.2) is 29.3 Å². The molecule has 3 rings (SSSR count). The molecule has 1 aliphatic carbocycles. The summed E-state index contributed by atoms with van der Waals surface area (Å²) in [4.78, 5) is 17.6. The summed E-state index contributed by atoms with van der Waals surface area (Å²) in [5.74, 6) is -0.241. The first-order valence-electron chi connectivity index (χ1n) is 12.8. The minimum atomic E-state index is -0.241. The Morgan fingerprint density at radius 1 is 0.818 bits per heavy atom. The quantitative estimate of drug-likeness (QED) is 0.453. The maximum Gasteiger partial charge on any atom is 0.229 e. The number of benzene rings is 2. The molecule has 0 unspecified atom stereocenters. The van der Waals surface area contributed by atoms with Crippen molar-refractivity contribution in [3.05, 3.63) is 45.8 Å². The lowest BCUT2D eigenvalue weighted by molar-refractivity contribution is -0.108. The molecule has 0 bridgehead atoms. The average Bonchev–Trinajstić information content (AvgIpc) is 2.80. The summed E-state index contributed by atoms with van der Waals surface area (Å²) >= 11 is 0. The van der Waals surface area contributed by atoms with Crippen molar-refractivity contribution in [3.63, 3.8) is 0 Å². The Labute approximate surface area is 198 Å². The molecule has 2 aromatic rings. The van der Waals surface area contributed by atoms with E-state index in [-0.39, 0.29) is 11.5 Å². The number of Topliss-reactive ketones (excluding diaryl/α,β-unsaturated/α-hetero) is 1. The SMILES string of the molecule is CCCCCCCCCCCCCN=C1C(=O)C(N)=c2cc3cccc(C)c3c(C)c2=C1N. The van der Waals surface area contributed by atoms with Gasteiger partial charge in [-0.05, 0) is 48.2 Å². The molecular formula is C29H41N3O. The van der Waals surface area contributed by atoms with Crippen molar-refractivity contribution in [2.75, 3.05) is 6.54 Å². The molecule has 33 heavy (non-hydrogen) atoms. The van der Waals surface area contributed by atoms with E-state index in [0.29, 0.717) is 18.0 Å². The van der Waals surface area contributed by atoms with Gasteiger partial charge >= 0.3 is 0 Å². The van der Waals surface area contributed by atoms with E-state index in [1.807, 2.05) is 12.1 Å². The van der Waals surface area contributed by atoms with Crippen LogP contribution in [0.2, 0.25) is 0 Å². The summed E-state index contributed by atoms with van der Waals surface area (Å²) in [6, 6.07) is 8.17. The number of unbranched alkanes of at least 4 members (excludes halogenated alkanes) is 10. The molecule has 0 fully saturated rings. The first-order valence-corrected chi connectivity index (χ1v) is 12.8. The highest BCUT2D eigenvalue weighted by atomic mass is 16.1. The van der Waals surface area contributed by atoms with Crippen molar-refractivity contribution in [3.8, 4) is 0 Å². The molecule has 0 radical (unpaired) electrons. The van der Waals surface area contributed by atoms with Crippen LogP contribution in [0.25, 0.3) is 22.2 Å². The number of hydrogen-bond acceptors (Lipinski definition) is 4. The third-order valence-electron chi connectivity index (χ3n) is 6.93. The van der Waals surface area contributed by atoms with E-state index in [0.717, 1.165) is 34.2 Å². The van der Waals surface area contributed by atoms with Crippen molar-refractivity contribution in [1.82, 2.24) is 0 Å². The first kappa shape index (κ1) is 25.0. The standard InChI is InChI=1S/C29H41N3O/c1-4-5-6-7-8-9-10-11-12-13-14-18-32-28-27(31)25-21(3)24-20(2)16-15-17-22(24)19-23(25)26(30)29(28)33/h15-17,19H,4-14,18,30-31H2,1-3H3. The number of fused-ring (bicyclic) bond motifs is 2. The van der Waals surface area contributed by atoms with Gasteiger partial charge in [0, 0.05) is 17.0 Å². The third-order valence-corrected chi connectivity index (χ3v) is 6.93. The molecule has 0 saturated carbocycles. The Hall–Kier alpha value is -2.62. The molecule has 0 amide bonds. The number of carbonyl (C=O) groups excluding carboxylic acids is 1. The number of aliphatic imine (C=N–C) groups is 1. The lowest BCUT2D eigenvalue weighted by Crippen LogP contribution is -2.47. The van der Waals surface area contributed by atoms with Gasteiger partial charge in [0.1, 0.15) is 5.71 Å². The van der Waals surface area contributed by atoms with E-state index >= 15 is 0 Å². The molecule has 0 heterocycles. The zero-order chi connectivity index (χ0) is 23.8. The normalized spacial score (nSPS) is 15.0. The molecular weight excluding hydrogens is 406 g/mol. The van der Waals surface area contributed by atoms with Gasteiger partial charge in [-0.2, -0.15) is 0 Å². The number of hydrogen-bond donors (Lipinski definition) is 2. The summed E-state index contributed by atoms with van der Waals surface area (Å²) in [7, 11) is 0. The lowest BCUT2D eigenvalue weighted by Gasteiger charge is -2.17. The molecule has 2 aromatic carbocycles. The van der Waals surface area contributed by atoms with Crippen LogP contribution in [-0.4, -0.2) is 18.0 Å². The van der Waals surface area contributed by atoms with Crippen LogP contribution in [0, 0.1) is 13.8 Å². The van der Waals surface area contributed by atoms with Crippen molar-refractivity contribution >= 4 is 33.7 Å². The van der Waals surface area contributed by atoms with Crippen LogP contribution >= 0.6 is 0 Å². The number of rotatable bonds is 12. The van der Waals surface area contributed by atoms with Gasteiger partial charge in [-0.3, -0.25) is 9.79 Å². The topological polar surface area (TPSA) is 81.5 Å². The second kappa shape index (κ2) is 12.0. The van der Waals surface area contributed by atoms with Crippen molar-refractivity contribution < 1.29 is 4.79 Å². The Morgan fingerprint density at radius 3 is 2.06 bits per heavy atom. The van der Waals surface area contributed by atoms with Gasteiger partial charge in [0.25, 0.3) is 0 Å². The predicted molar refractivity (Wildman–Crippen MR) is 142 cm³/mol. The lowest BCUT2D eigenvalue weighted by atomic mass is 9.91. The van der Waals surface area contributed by atoms with E-state index in [1.165, 1.54) is 68.7 Å². The van der Waals surface area contributed by atoms with Gasteiger partial charge in [-0.25, -0.2) is 0 Å². The number of ketones is 1. The van der Waals surface area contributed by atoms with Gasteiger partial charge < -0.3 is 11.5 Å². The Morgan fingerprint density at radius 2 is 1.42 bits per heavy atom. The molecule has 0 aliphatic heterocycles.